The van der Waals surface area contributed by atoms with Crippen LogP contribution in [-0.2, 0) is 23.9 Å². The van der Waals surface area contributed by atoms with E-state index < -0.39 is 39.4 Å². The van der Waals surface area contributed by atoms with E-state index in [4.69, 9.17) is 4.18 Å². The van der Waals surface area contributed by atoms with Crippen molar-refractivity contribution in [3.05, 3.63) is 11.6 Å². The maximum Gasteiger partial charge on any atom is 0.307 e. The zero-order valence-corrected chi connectivity index (χ0v) is 18.2. The fraction of sp³-hybridized carbons (Fsp3) is 0.810. The summed E-state index contributed by atoms with van der Waals surface area (Å²) in [4.78, 5) is 25.8. The molecule has 0 amide bonds. The summed E-state index contributed by atoms with van der Waals surface area (Å²) in [5, 5.41) is 10.2. The van der Waals surface area contributed by atoms with Crippen LogP contribution in [0, 0.1) is 40.9 Å². The number of ketones is 1. The summed E-state index contributed by atoms with van der Waals surface area (Å²) in [6, 6.07) is 0. The Hall–Kier alpha value is -1.21. The molecule has 0 heterocycles. The van der Waals surface area contributed by atoms with Crippen molar-refractivity contribution in [1.29, 1.82) is 0 Å². The van der Waals surface area contributed by atoms with E-state index in [1.54, 1.807) is 0 Å². The van der Waals surface area contributed by atoms with Gasteiger partial charge in [0.15, 0.2) is 0 Å². The molecule has 0 spiro atoms. The molecule has 7 heteroatoms. The van der Waals surface area contributed by atoms with Gasteiger partial charge in [-0.25, -0.2) is 0 Å². The third kappa shape index (κ3) is 3.45. The van der Waals surface area contributed by atoms with Crippen LogP contribution in [0.1, 0.15) is 53.4 Å². The number of aliphatic carboxylic acids is 1. The molecule has 2 fully saturated rings. The molecule has 3 aliphatic carbocycles. The monoisotopic (exact) mass is 412 g/mol. The van der Waals surface area contributed by atoms with Crippen LogP contribution < -0.4 is 0 Å². The number of carboxylic acid groups (broad SMARTS) is 1. The molecule has 0 saturated heterocycles. The van der Waals surface area contributed by atoms with Crippen LogP contribution >= 0.6 is 0 Å². The first-order valence-corrected chi connectivity index (χ1v) is 12.0. The Balaban J connectivity index is 2.16. The summed E-state index contributed by atoms with van der Waals surface area (Å²) >= 11 is 0. The van der Waals surface area contributed by atoms with Crippen LogP contribution in [0.3, 0.4) is 0 Å². The number of Topliss-reactive ketones (excluding diaryl/α,β-unsaturated/α-hetero) is 1. The lowest BCUT2D eigenvalue weighted by Gasteiger charge is -2.48. The summed E-state index contributed by atoms with van der Waals surface area (Å²) in [7, 11) is -3.79. The molecule has 0 aromatic carbocycles. The second-order valence-electron chi connectivity index (χ2n) is 9.57. The maximum absolute atomic E-state index is 13.4. The summed E-state index contributed by atoms with van der Waals surface area (Å²) in [6.07, 6.45) is 4.78. The van der Waals surface area contributed by atoms with Crippen molar-refractivity contribution < 1.29 is 27.3 Å². The minimum absolute atomic E-state index is 0.0160. The van der Waals surface area contributed by atoms with Crippen LogP contribution in [-0.4, -0.2) is 37.6 Å². The molecule has 3 rings (SSSR count). The number of fused-ring (bicyclic) bond motifs is 3. The van der Waals surface area contributed by atoms with Crippen LogP contribution in [0.5, 0.6) is 0 Å². The molecule has 158 valence electrons. The molecular weight excluding hydrogens is 380 g/mol. The lowest BCUT2D eigenvalue weighted by Crippen LogP contribution is -2.55. The van der Waals surface area contributed by atoms with Crippen LogP contribution in [0.15, 0.2) is 11.6 Å². The number of allylic oxidation sites excluding steroid dienone is 2. The van der Waals surface area contributed by atoms with E-state index in [1.807, 2.05) is 27.7 Å². The Morgan fingerprint density at radius 1 is 1.36 bits per heavy atom. The van der Waals surface area contributed by atoms with Crippen LogP contribution in [0.4, 0.5) is 0 Å². The van der Waals surface area contributed by atoms with Gasteiger partial charge < -0.3 is 5.11 Å². The molecule has 0 aromatic rings. The molecule has 1 N–H and O–H groups in total. The fourth-order valence-corrected chi connectivity index (χ4v) is 6.93. The number of carboxylic acids is 1. The van der Waals surface area contributed by atoms with E-state index in [0.717, 1.165) is 19.1 Å². The highest BCUT2D eigenvalue weighted by atomic mass is 32.2. The third-order valence-corrected chi connectivity index (χ3v) is 8.21. The van der Waals surface area contributed by atoms with E-state index in [9.17, 15) is 23.1 Å². The highest BCUT2D eigenvalue weighted by Gasteiger charge is 2.68. The first kappa shape index (κ1) is 21.5. The number of rotatable bonds is 4. The van der Waals surface area contributed by atoms with Gasteiger partial charge in [-0.3, -0.25) is 13.8 Å². The van der Waals surface area contributed by atoms with Crippen LogP contribution in [0.2, 0.25) is 0 Å². The maximum atomic E-state index is 13.4. The molecule has 0 aromatic heterocycles. The van der Waals surface area contributed by atoms with Gasteiger partial charge in [0.05, 0.1) is 18.3 Å². The predicted molar refractivity (Wildman–Crippen MR) is 105 cm³/mol. The Morgan fingerprint density at radius 2 is 2.00 bits per heavy atom. The van der Waals surface area contributed by atoms with Crippen molar-refractivity contribution in [2.75, 3.05) is 6.26 Å². The third-order valence-electron chi connectivity index (χ3n) is 7.64. The van der Waals surface area contributed by atoms with Crippen molar-refractivity contribution in [3.8, 4) is 0 Å². The van der Waals surface area contributed by atoms with Gasteiger partial charge in [-0.05, 0) is 49.9 Å². The quantitative estimate of drug-likeness (QED) is 0.562. The molecule has 6 nitrogen and oxygen atoms in total. The van der Waals surface area contributed by atoms with Gasteiger partial charge >= 0.3 is 5.97 Å². The molecule has 0 radical (unpaired) electrons. The van der Waals surface area contributed by atoms with Gasteiger partial charge in [0.1, 0.15) is 5.78 Å². The van der Waals surface area contributed by atoms with E-state index >= 15 is 0 Å². The summed E-state index contributed by atoms with van der Waals surface area (Å²) in [6.45, 7) is 7.79. The van der Waals surface area contributed by atoms with Crippen molar-refractivity contribution in [1.82, 2.24) is 0 Å². The predicted octanol–water partition coefficient (Wildman–Crippen LogP) is 3.28. The van der Waals surface area contributed by atoms with Crippen molar-refractivity contribution in [2.24, 2.45) is 40.9 Å². The molecule has 2 saturated carbocycles. The van der Waals surface area contributed by atoms with Gasteiger partial charge in [-0.15, -0.1) is 0 Å². The number of hydrogen-bond acceptors (Lipinski definition) is 5. The van der Waals surface area contributed by atoms with E-state index in [-0.39, 0.29) is 35.9 Å². The van der Waals surface area contributed by atoms with Crippen molar-refractivity contribution in [3.63, 3.8) is 0 Å². The Morgan fingerprint density at radius 3 is 2.54 bits per heavy atom. The Bertz CT molecular complexity index is 798. The second-order valence-corrected chi connectivity index (χ2v) is 11.2. The summed E-state index contributed by atoms with van der Waals surface area (Å²) in [5.41, 5.74) is 0.360. The second kappa shape index (κ2) is 7.24. The lowest BCUT2D eigenvalue weighted by atomic mass is 9.57. The number of hydrogen-bond donors (Lipinski definition) is 1. The standard InChI is InChI=1S/C21H32O6S/c1-11(2)14-10-16(22)21(4)15-9-7-12(3)6-8-13(15)17(20(23)24)18(21)19(14)27-28(5,25)26/h6,11,13-15,17-19H,7-10H2,1-5H3,(H,23,24)/t13-,14-,15-,17-,18+,19-,21-/m0/s1. The highest BCUT2D eigenvalue weighted by Crippen LogP contribution is 2.64. The minimum Gasteiger partial charge on any atom is -0.481 e. The molecule has 7 atom stereocenters. The summed E-state index contributed by atoms with van der Waals surface area (Å²) in [5.74, 6) is -2.82. The Kier molecular flexibility index (Phi) is 5.56. The number of carbonyl (C=O) groups is 2. The normalized spacial score (nSPS) is 41.2. The van der Waals surface area contributed by atoms with E-state index in [2.05, 4.69) is 6.08 Å². The largest absolute Gasteiger partial charge is 0.481 e. The minimum atomic E-state index is -3.79. The molecular formula is C21H32O6S. The van der Waals surface area contributed by atoms with Crippen molar-refractivity contribution in [2.45, 2.75) is 59.5 Å². The van der Waals surface area contributed by atoms with Gasteiger partial charge in [0.2, 0.25) is 0 Å². The van der Waals surface area contributed by atoms with Gasteiger partial charge in [0, 0.05) is 17.8 Å². The zero-order valence-electron chi connectivity index (χ0n) is 17.3. The first-order chi connectivity index (χ1) is 12.9. The highest BCUT2D eigenvalue weighted by molar-refractivity contribution is 7.86. The smallest absolute Gasteiger partial charge is 0.307 e. The Labute approximate surface area is 167 Å². The van der Waals surface area contributed by atoms with Crippen LogP contribution in [0.25, 0.3) is 0 Å². The zero-order chi connectivity index (χ0) is 21.0. The molecule has 0 aliphatic heterocycles. The fourth-order valence-electron chi connectivity index (χ4n) is 6.27. The average molecular weight is 413 g/mol. The average Bonchev–Trinajstić information content (AvgIpc) is 2.66. The molecule has 0 unspecified atom stereocenters. The molecule has 3 aliphatic rings. The number of carbonyl (C=O) groups excluding carboxylic acids is 1. The van der Waals surface area contributed by atoms with Crippen molar-refractivity contribution >= 4 is 21.9 Å². The molecule has 28 heavy (non-hydrogen) atoms. The lowest BCUT2D eigenvalue weighted by molar-refractivity contribution is -0.156. The summed E-state index contributed by atoms with van der Waals surface area (Å²) < 4.78 is 29.7. The first-order valence-electron chi connectivity index (χ1n) is 10.2. The van der Waals surface area contributed by atoms with Gasteiger partial charge in [0.25, 0.3) is 10.1 Å². The van der Waals surface area contributed by atoms with Gasteiger partial charge in [-0.2, -0.15) is 8.42 Å². The van der Waals surface area contributed by atoms with Gasteiger partial charge in [-0.1, -0.05) is 32.4 Å². The van der Waals surface area contributed by atoms with E-state index in [1.165, 1.54) is 5.57 Å². The SMILES string of the molecule is CC1=CC[C@@H]2[C@H](C(=O)O)[C@@H]3[C@@H](OS(C)(=O)=O)[C@H](C(C)C)CC(=O)[C@]3(C)[C@H]2CC1. The molecule has 0 bridgehead atoms. The topological polar surface area (TPSA) is 97.7 Å². The van der Waals surface area contributed by atoms with E-state index in [0.29, 0.717) is 6.42 Å².